The number of hydrogen-bond acceptors (Lipinski definition) is 7. The number of furan rings is 1. The Labute approximate surface area is 163 Å². The molecule has 0 spiro atoms. The highest BCUT2D eigenvalue weighted by Crippen LogP contribution is 2.46. The smallest absolute Gasteiger partial charge is 0.234 e. The van der Waals surface area contributed by atoms with Crippen molar-refractivity contribution in [2.24, 2.45) is 0 Å². The van der Waals surface area contributed by atoms with Gasteiger partial charge >= 0.3 is 0 Å². The summed E-state index contributed by atoms with van der Waals surface area (Å²) in [6.45, 7) is 0. The van der Waals surface area contributed by atoms with Crippen molar-refractivity contribution in [3.63, 3.8) is 0 Å². The zero-order chi connectivity index (χ0) is 20.1. The quantitative estimate of drug-likeness (QED) is 0.469. The summed E-state index contributed by atoms with van der Waals surface area (Å²) in [6.07, 6.45) is 4.51. The molecule has 0 aliphatic carbocycles. The number of carbonyl (C=O) groups is 1. The maximum absolute atomic E-state index is 13.4. The van der Waals surface area contributed by atoms with Gasteiger partial charge in [0, 0.05) is 12.4 Å². The number of carbonyl (C=O) groups excluding carboxylic acids is 1. The normalized spacial score (nSPS) is 11.4. The van der Waals surface area contributed by atoms with Gasteiger partial charge in [0.25, 0.3) is 0 Å². The Morgan fingerprint density at radius 2 is 1.93 bits per heavy atom. The number of ether oxygens (including phenoxy) is 2. The summed E-state index contributed by atoms with van der Waals surface area (Å²) in [6, 6.07) is 9.19. The van der Waals surface area contributed by atoms with E-state index >= 15 is 0 Å². The number of benzene rings is 2. The number of imidazole rings is 1. The third-order valence-electron chi connectivity index (χ3n) is 4.86. The maximum atomic E-state index is 13.4. The van der Waals surface area contributed by atoms with Gasteiger partial charge in [-0.15, -0.1) is 0 Å². The van der Waals surface area contributed by atoms with Crippen LogP contribution in [0.3, 0.4) is 0 Å². The zero-order valence-electron chi connectivity index (χ0n) is 15.5. The highest BCUT2D eigenvalue weighted by molar-refractivity contribution is 6.16. The Morgan fingerprint density at radius 1 is 1.14 bits per heavy atom. The minimum Gasteiger partial charge on any atom is -0.504 e. The van der Waals surface area contributed by atoms with Crippen LogP contribution in [0.5, 0.6) is 17.2 Å². The van der Waals surface area contributed by atoms with Crippen molar-refractivity contribution in [3.05, 3.63) is 60.1 Å². The van der Waals surface area contributed by atoms with E-state index in [1.54, 1.807) is 16.7 Å². The molecule has 0 saturated heterocycles. The Kier molecular flexibility index (Phi) is 3.67. The number of nitrogens with zero attached hydrogens (tertiary/aromatic N) is 3. The number of rotatable bonds is 4. The summed E-state index contributed by atoms with van der Waals surface area (Å²) in [5.74, 6) is -0.0778. The lowest BCUT2D eigenvalue weighted by Crippen LogP contribution is -2.08. The first-order valence-electron chi connectivity index (χ1n) is 8.75. The van der Waals surface area contributed by atoms with Crippen LogP contribution in [-0.2, 0) is 0 Å². The lowest BCUT2D eigenvalue weighted by Gasteiger charge is -2.14. The molecule has 5 rings (SSSR count). The van der Waals surface area contributed by atoms with Crippen molar-refractivity contribution in [1.82, 2.24) is 14.4 Å². The number of aromatic hydroxyl groups is 1. The van der Waals surface area contributed by atoms with Crippen LogP contribution in [0, 0.1) is 0 Å². The molecule has 0 aliphatic heterocycles. The molecule has 0 unspecified atom stereocenters. The molecule has 0 atom stereocenters. The Hall–Kier alpha value is -4.07. The maximum Gasteiger partial charge on any atom is 0.234 e. The molecule has 1 N–H and O–H groups in total. The lowest BCUT2D eigenvalue weighted by molar-refractivity contribution is 0.103. The third-order valence-corrected chi connectivity index (χ3v) is 4.86. The van der Waals surface area contributed by atoms with Crippen LogP contribution in [0.1, 0.15) is 15.9 Å². The van der Waals surface area contributed by atoms with Crippen LogP contribution in [0.25, 0.3) is 27.8 Å². The first-order chi connectivity index (χ1) is 14.1. The molecule has 144 valence electrons. The highest BCUT2D eigenvalue weighted by Gasteiger charge is 2.28. The predicted octanol–water partition coefficient (Wildman–Crippen LogP) is 3.58. The van der Waals surface area contributed by atoms with E-state index in [0.717, 1.165) is 11.0 Å². The predicted molar refractivity (Wildman–Crippen MR) is 105 cm³/mol. The minimum atomic E-state index is -0.465. The minimum absolute atomic E-state index is 0.0242. The molecule has 0 aliphatic rings. The fraction of sp³-hybridized carbons (Fsp3) is 0.0952. The molecule has 0 fully saturated rings. The number of phenolic OH excluding ortho intramolecular Hbond substituents is 1. The summed E-state index contributed by atoms with van der Waals surface area (Å²) in [5.41, 5.74) is 2.13. The van der Waals surface area contributed by atoms with Gasteiger partial charge in [-0.2, -0.15) is 0 Å². The van der Waals surface area contributed by atoms with E-state index in [1.807, 2.05) is 24.3 Å². The summed E-state index contributed by atoms with van der Waals surface area (Å²) in [7, 11) is 2.82. The van der Waals surface area contributed by atoms with Gasteiger partial charge in [0.2, 0.25) is 17.3 Å². The molecule has 3 aromatic heterocycles. The van der Waals surface area contributed by atoms with Crippen molar-refractivity contribution in [3.8, 4) is 17.2 Å². The third kappa shape index (κ3) is 2.35. The standard InChI is InChI=1S/C21H15N3O5/c1-27-18-12-7-8-29-19(12)20(28-2)17(26)15(18)16(25)11-9-22-21-23-13-5-3-4-6-14(13)24(21)10-11/h3-10,26H,1-2H3. The molecular weight excluding hydrogens is 374 g/mol. The van der Waals surface area contributed by atoms with Gasteiger partial charge < -0.3 is 19.0 Å². The fourth-order valence-corrected chi connectivity index (χ4v) is 3.55. The van der Waals surface area contributed by atoms with E-state index in [0.29, 0.717) is 16.7 Å². The van der Waals surface area contributed by atoms with Gasteiger partial charge in [0.05, 0.1) is 42.5 Å². The molecule has 8 nitrogen and oxygen atoms in total. The summed E-state index contributed by atoms with van der Waals surface area (Å²) in [4.78, 5) is 22.1. The van der Waals surface area contributed by atoms with Gasteiger partial charge in [0.1, 0.15) is 11.3 Å². The highest BCUT2D eigenvalue weighted by atomic mass is 16.5. The SMILES string of the molecule is COc1c(C(=O)c2cnc3nc4ccccc4n3c2)c(O)c(OC)c2occc12. The number of phenols is 1. The summed E-state index contributed by atoms with van der Waals surface area (Å²) >= 11 is 0. The molecular formula is C21H15N3O5. The summed E-state index contributed by atoms with van der Waals surface area (Å²) < 4.78 is 17.9. The van der Waals surface area contributed by atoms with Crippen molar-refractivity contribution >= 4 is 33.6 Å². The number of methoxy groups -OCH3 is 2. The van der Waals surface area contributed by atoms with Crippen LogP contribution in [-0.4, -0.2) is 39.5 Å². The molecule has 0 amide bonds. The molecule has 0 radical (unpaired) electrons. The van der Waals surface area contributed by atoms with Gasteiger partial charge in [-0.3, -0.25) is 9.20 Å². The lowest BCUT2D eigenvalue weighted by atomic mass is 10.0. The van der Waals surface area contributed by atoms with E-state index in [2.05, 4.69) is 9.97 Å². The van der Waals surface area contributed by atoms with Crippen LogP contribution in [0.4, 0.5) is 0 Å². The van der Waals surface area contributed by atoms with Gasteiger partial charge in [-0.25, -0.2) is 9.97 Å². The topological polar surface area (TPSA) is 99.1 Å². The Bertz CT molecular complexity index is 1420. The average Bonchev–Trinajstić information content (AvgIpc) is 3.36. The van der Waals surface area contributed by atoms with Gasteiger partial charge in [-0.1, -0.05) is 12.1 Å². The largest absolute Gasteiger partial charge is 0.504 e. The molecule has 2 aromatic carbocycles. The molecule has 29 heavy (non-hydrogen) atoms. The second-order valence-corrected chi connectivity index (χ2v) is 6.40. The van der Waals surface area contributed by atoms with Crippen molar-refractivity contribution in [2.75, 3.05) is 14.2 Å². The second-order valence-electron chi connectivity index (χ2n) is 6.40. The first kappa shape index (κ1) is 17.1. The summed E-state index contributed by atoms with van der Waals surface area (Å²) in [5, 5.41) is 11.3. The zero-order valence-corrected chi connectivity index (χ0v) is 15.5. The molecule has 3 heterocycles. The second kappa shape index (κ2) is 6.23. The van der Waals surface area contributed by atoms with Crippen molar-refractivity contribution in [1.29, 1.82) is 0 Å². The van der Waals surface area contributed by atoms with Crippen LogP contribution < -0.4 is 9.47 Å². The first-order valence-corrected chi connectivity index (χ1v) is 8.75. The number of fused-ring (bicyclic) bond motifs is 4. The monoisotopic (exact) mass is 389 g/mol. The Balaban J connectivity index is 1.76. The Morgan fingerprint density at radius 3 is 2.72 bits per heavy atom. The molecule has 8 heteroatoms. The van der Waals surface area contributed by atoms with Gasteiger partial charge in [-0.05, 0) is 18.2 Å². The van der Waals surface area contributed by atoms with Gasteiger partial charge in [0.15, 0.2) is 11.3 Å². The molecule has 0 saturated carbocycles. The van der Waals surface area contributed by atoms with E-state index < -0.39 is 5.78 Å². The molecule has 5 aromatic rings. The van der Waals surface area contributed by atoms with E-state index in [1.165, 1.54) is 26.7 Å². The number of ketones is 1. The average molecular weight is 389 g/mol. The van der Waals surface area contributed by atoms with Crippen LogP contribution in [0.15, 0.2) is 53.4 Å². The van der Waals surface area contributed by atoms with E-state index in [9.17, 15) is 9.90 Å². The van der Waals surface area contributed by atoms with E-state index in [4.69, 9.17) is 13.9 Å². The van der Waals surface area contributed by atoms with E-state index in [-0.39, 0.29) is 28.4 Å². The van der Waals surface area contributed by atoms with Crippen LogP contribution >= 0.6 is 0 Å². The molecule has 0 bridgehead atoms. The number of para-hydroxylation sites is 2. The van der Waals surface area contributed by atoms with Crippen molar-refractivity contribution < 1.29 is 23.8 Å². The van der Waals surface area contributed by atoms with Crippen LogP contribution in [0.2, 0.25) is 0 Å². The number of hydrogen-bond donors (Lipinski definition) is 1. The fourth-order valence-electron chi connectivity index (χ4n) is 3.55. The number of aromatic nitrogens is 3. The van der Waals surface area contributed by atoms with Crippen molar-refractivity contribution in [2.45, 2.75) is 0 Å².